The molecular weight excluding hydrogens is 340 g/mol. The van der Waals surface area contributed by atoms with Gasteiger partial charge < -0.3 is 9.80 Å². The van der Waals surface area contributed by atoms with Gasteiger partial charge in [0.25, 0.3) is 0 Å². The van der Waals surface area contributed by atoms with Gasteiger partial charge in [0.2, 0.25) is 11.8 Å². The maximum Gasteiger partial charge on any atom is 0.239 e. The topological polar surface area (TPSA) is 56.8 Å². The standard InChI is InChI=1S/C21H32N4O2/c1-4-18(23(2)3)20(27)24-13-10-21(11-14-24)9-8-19(26)25(16-21)15-17-7-5-6-12-22-17/h5-7,12,18H,4,8-11,13-16H2,1-3H3/t18-/m1/s1. The number of hydrogen-bond donors (Lipinski definition) is 0. The lowest BCUT2D eigenvalue weighted by Gasteiger charge is -2.48. The van der Waals surface area contributed by atoms with Crippen LogP contribution in [0.15, 0.2) is 24.4 Å². The van der Waals surface area contributed by atoms with Crippen molar-refractivity contribution >= 4 is 11.8 Å². The molecule has 1 atom stereocenters. The van der Waals surface area contributed by atoms with Gasteiger partial charge in [-0.15, -0.1) is 0 Å². The van der Waals surface area contributed by atoms with Gasteiger partial charge in [-0.2, -0.15) is 0 Å². The first-order valence-electron chi connectivity index (χ1n) is 10.1. The molecule has 27 heavy (non-hydrogen) atoms. The molecule has 3 rings (SSSR count). The summed E-state index contributed by atoms with van der Waals surface area (Å²) in [6.07, 6.45) is 6.12. The summed E-state index contributed by atoms with van der Waals surface area (Å²) in [4.78, 5) is 35.6. The maximum atomic E-state index is 12.8. The lowest BCUT2D eigenvalue weighted by Crippen LogP contribution is -2.54. The van der Waals surface area contributed by atoms with Gasteiger partial charge >= 0.3 is 0 Å². The first kappa shape index (κ1) is 19.8. The minimum absolute atomic E-state index is 0.0346. The fourth-order valence-corrected chi connectivity index (χ4v) is 4.51. The summed E-state index contributed by atoms with van der Waals surface area (Å²) in [6.45, 7) is 5.04. The van der Waals surface area contributed by atoms with Crippen molar-refractivity contribution in [3.8, 4) is 0 Å². The van der Waals surface area contributed by atoms with E-state index >= 15 is 0 Å². The molecule has 2 aliphatic rings. The highest BCUT2D eigenvalue weighted by Crippen LogP contribution is 2.40. The Morgan fingerprint density at radius 2 is 2.00 bits per heavy atom. The molecule has 2 fully saturated rings. The molecule has 148 valence electrons. The second-order valence-corrected chi connectivity index (χ2v) is 8.28. The molecule has 1 spiro atoms. The van der Waals surface area contributed by atoms with Crippen LogP contribution in [0.2, 0.25) is 0 Å². The van der Waals surface area contributed by atoms with Crippen molar-refractivity contribution in [3.63, 3.8) is 0 Å². The second kappa shape index (κ2) is 8.38. The van der Waals surface area contributed by atoms with Crippen molar-refractivity contribution in [1.29, 1.82) is 0 Å². The average molecular weight is 373 g/mol. The summed E-state index contributed by atoms with van der Waals surface area (Å²) in [5.74, 6) is 0.470. The van der Waals surface area contributed by atoms with Crippen molar-refractivity contribution in [1.82, 2.24) is 19.7 Å². The minimum atomic E-state index is -0.0346. The third-order valence-electron chi connectivity index (χ3n) is 6.26. The molecule has 6 nitrogen and oxygen atoms in total. The third-order valence-corrected chi connectivity index (χ3v) is 6.26. The number of amides is 2. The zero-order chi connectivity index (χ0) is 19.4. The number of carbonyl (C=O) groups excluding carboxylic acids is 2. The Kier molecular flexibility index (Phi) is 6.15. The van der Waals surface area contributed by atoms with E-state index in [0.29, 0.717) is 13.0 Å². The maximum absolute atomic E-state index is 12.8. The quantitative estimate of drug-likeness (QED) is 0.795. The second-order valence-electron chi connectivity index (χ2n) is 8.28. The van der Waals surface area contributed by atoms with Gasteiger partial charge in [0.05, 0.1) is 18.3 Å². The summed E-state index contributed by atoms with van der Waals surface area (Å²) in [7, 11) is 3.94. The number of pyridine rings is 1. The van der Waals surface area contributed by atoms with Gasteiger partial charge in [-0.25, -0.2) is 0 Å². The van der Waals surface area contributed by atoms with Crippen molar-refractivity contribution in [2.75, 3.05) is 33.7 Å². The van der Waals surface area contributed by atoms with Crippen LogP contribution in [0.1, 0.15) is 44.7 Å². The molecule has 0 aliphatic carbocycles. The van der Waals surface area contributed by atoms with Crippen LogP contribution in [-0.4, -0.2) is 71.3 Å². The molecule has 2 aliphatic heterocycles. The van der Waals surface area contributed by atoms with Gasteiger partial charge in [0, 0.05) is 32.3 Å². The number of nitrogens with zero attached hydrogens (tertiary/aromatic N) is 4. The number of carbonyl (C=O) groups is 2. The van der Waals surface area contributed by atoms with Gasteiger partial charge in [0.15, 0.2) is 0 Å². The molecule has 0 unspecified atom stereocenters. The predicted molar refractivity (Wildman–Crippen MR) is 105 cm³/mol. The van der Waals surface area contributed by atoms with E-state index in [9.17, 15) is 9.59 Å². The minimum Gasteiger partial charge on any atom is -0.341 e. The first-order valence-corrected chi connectivity index (χ1v) is 10.1. The van der Waals surface area contributed by atoms with Crippen LogP contribution in [-0.2, 0) is 16.1 Å². The number of hydrogen-bond acceptors (Lipinski definition) is 4. The lowest BCUT2D eigenvalue weighted by atomic mass is 9.72. The monoisotopic (exact) mass is 372 g/mol. The summed E-state index contributed by atoms with van der Waals surface area (Å²) in [6, 6.07) is 5.80. The van der Waals surface area contributed by atoms with E-state index < -0.39 is 0 Å². The normalized spacial score (nSPS) is 21.0. The van der Waals surface area contributed by atoms with Crippen LogP contribution in [0.5, 0.6) is 0 Å². The van der Waals surface area contributed by atoms with Crippen LogP contribution in [0.25, 0.3) is 0 Å². The molecule has 0 bridgehead atoms. The Morgan fingerprint density at radius 3 is 2.59 bits per heavy atom. The number of piperidine rings is 2. The lowest BCUT2D eigenvalue weighted by molar-refractivity contribution is -0.145. The van der Waals surface area contributed by atoms with E-state index in [1.54, 1.807) is 6.20 Å². The molecule has 0 aromatic carbocycles. The molecule has 2 saturated heterocycles. The number of rotatable bonds is 5. The third kappa shape index (κ3) is 4.49. The SMILES string of the molecule is CC[C@H](C(=O)N1CCC2(CCC(=O)N(Cc3ccccn3)C2)CC1)N(C)C. The highest BCUT2D eigenvalue weighted by atomic mass is 16.2. The van der Waals surface area contributed by atoms with E-state index in [-0.39, 0.29) is 23.3 Å². The Balaban J connectivity index is 1.61. The molecule has 2 amide bonds. The largest absolute Gasteiger partial charge is 0.341 e. The van der Waals surface area contributed by atoms with Crippen LogP contribution in [0, 0.1) is 5.41 Å². The Bertz CT molecular complexity index is 653. The fraction of sp³-hybridized carbons (Fsp3) is 0.667. The molecule has 0 N–H and O–H groups in total. The van der Waals surface area contributed by atoms with Crippen molar-refractivity contribution in [2.45, 2.75) is 51.6 Å². The molecule has 0 saturated carbocycles. The molecular formula is C21H32N4O2. The molecule has 3 heterocycles. The smallest absolute Gasteiger partial charge is 0.239 e. The van der Waals surface area contributed by atoms with Crippen LogP contribution in [0.3, 0.4) is 0 Å². The van der Waals surface area contributed by atoms with Crippen molar-refractivity contribution in [2.24, 2.45) is 5.41 Å². The Hall–Kier alpha value is -1.95. The fourth-order valence-electron chi connectivity index (χ4n) is 4.51. The average Bonchev–Trinajstić information content (AvgIpc) is 2.66. The number of likely N-dealkylation sites (N-methyl/N-ethyl adjacent to an activating group) is 1. The van der Waals surface area contributed by atoms with Crippen LogP contribution >= 0.6 is 0 Å². The van der Waals surface area contributed by atoms with Crippen molar-refractivity contribution < 1.29 is 9.59 Å². The number of likely N-dealkylation sites (tertiary alicyclic amines) is 2. The Morgan fingerprint density at radius 1 is 1.26 bits per heavy atom. The summed E-state index contributed by atoms with van der Waals surface area (Å²) in [5.41, 5.74) is 1.09. The van der Waals surface area contributed by atoms with E-state index in [0.717, 1.165) is 51.0 Å². The van der Waals surface area contributed by atoms with Gasteiger partial charge in [-0.1, -0.05) is 13.0 Å². The highest BCUT2D eigenvalue weighted by molar-refractivity contribution is 5.82. The van der Waals surface area contributed by atoms with Crippen LogP contribution in [0.4, 0.5) is 0 Å². The van der Waals surface area contributed by atoms with E-state index in [1.807, 2.05) is 47.0 Å². The Labute approximate surface area is 162 Å². The summed E-state index contributed by atoms with van der Waals surface area (Å²) >= 11 is 0. The highest BCUT2D eigenvalue weighted by Gasteiger charge is 2.42. The zero-order valence-electron chi connectivity index (χ0n) is 16.9. The van der Waals surface area contributed by atoms with E-state index in [1.165, 1.54) is 0 Å². The first-order chi connectivity index (χ1) is 12.9. The predicted octanol–water partition coefficient (Wildman–Crippen LogP) is 2.15. The molecule has 0 radical (unpaired) electrons. The van der Waals surface area contributed by atoms with E-state index in [2.05, 4.69) is 11.9 Å². The number of aromatic nitrogens is 1. The van der Waals surface area contributed by atoms with Crippen molar-refractivity contribution in [3.05, 3.63) is 30.1 Å². The van der Waals surface area contributed by atoms with E-state index in [4.69, 9.17) is 0 Å². The summed E-state index contributed by atoms with van der Waals surface area (Å²) < 4.78 is 0. The van der Waals surface area contributed by atoms with Gasteiger partial charge in [-0.05, 0) is 57.3 Å². The van der Waals surface area contributed by atoms with Crippen LogP contribution < -0.4 is 0 Å². The van der Waals surface area contributed by atoms with Gasteiger partial charge in [0.1, 0.15) is 0 Å². The molecule has 1 aromatic rings. The zero-order valence-corrected chi connectivity index (χ0v) is 16.9. The van der Waals surface area contributed by atoms with Gasteiger partial charge in [-0.3, -0.25) is 19.5 Å². The summed E-state index contributed by atoms with van der Waals surface area (Å²) in [5, 5.41) is 0. The molecule has 6 heteroatoms. The molecule has 1 aromatic heterocycles.